The number of thiophene rings is 1. The SMILES string of the molecule is CCNC(=NCC(C)N1CCc2sccc2C1)NCCC(=O)N(CC)CC. The molecule has 0 fully saturated rings. The highest BCUT2D eigenvalue weighted by atomic mass is 32.1. The maximum absolute atomic E-state index is 12.1. The van der Waals surface area contributed by atoms with Gasteiger partial charge in [0.05, 0.1) is 6.54 Å². The van der Waals surface area contributed by atoms with E-state index < -0.39 is 0 Å². The van der Waals surface area contributed by atoms with Gasteiger partial charge in [0, 0.05) is 56.6 Å². The van der Waals surface area contributed by atoms with Crippen molar-refractivity contribution in [3.05, 3.63) is 21.9 Å². The summed E-state index contributed by atoms with van der Waals surface area (Å²) in [4.78, 5) is 22.8. The van der Waals surface area contributed by atoms with Crippen molar-refractivity contribution in [3.63, 3.8) is 0 Å². The molecule has 7 heteroatoms. The minimum atomic E-state index is 0.191. The minimum absolute atomic E-state index is 0.191. The molecule has 0 saturated carbocycles. The lowest BCUT2D eigenvalue weighted by molar-refractivity contribution is -0.130. The number of rotatable bonds is 9. The normalized spacial score (nSPS) is 15.9. The van der Waals surface area contributed by atoms with Crippen LogP contribution in [0.2, 0.25) is 0 Å². The molecule has 0 aliphatic carbocycles. The molecular formula is C20H35N5OS. The van der Waals surface area contributed by atoms with Crippen LogP contribution in [0.25, 0.3) is 0 Å². The van der Waals surface area contributed by atoms with Crippen molar-refractivity contribution in [3.8, 4) is 0 Å². The summed E-state index contributed by atoms with van der Waals surface area (Å²) in [5, 5.41) is 8.78. The number of hydrogen-bond acceptors (Lipinski definition) is 4. The molecule has 1 atom stereocenters. The molecular weight excluding hydrogens is 358 g/mol. The molecule has 0 saturated heterocycles. The van der Waals surface area contributed by atoms with Gasteiger partial charge in [-0.25, -0.2) is 0 Å². The Balaban J connectivity index is 1.81. The molecule has 152 valence electrons. The van der Waals surface area contributed by atoms with Gasteiger partial charge in [-0.3, -0.25) is 14.7 Å². The fourth-order valence-electron chi connectivity index (χ4n) is 3.35. The summed E-state index contributed by atoms with van der Waals surface area (Å²) in [7, 11) is 0. The lowest BCUT2D eigenvalue weighted by atomic mass is 10.1. The summed E-state index contributed by atoms with van der Waals surface area (Å²) >= 11 is 1.88. The fourth-order valence-corrected chi connectivity index (χ4v) is 4.24. The Kier molecular flexibility index (Phi) is 9.07. The van der Waals surface area contributed by atoms with Crippen LogP contribution in [0.4, 0.5) is 0 Å². The number of nitrogens with one attached hydrogen (secondary N) is 2. The number of aliphatic imine (C=N–C) groups is 1. The van der Waals surface area contributed by atoms with Crippen LogP contribution < -0.4 is 10.6 Å². The Morgan fingerprint density at radius 1 is 1.33 bits per heavy atom. The van der Waals surface area contributed by atoms with Gasteiger partial charge < -0.3 is 15.5 Å². The highest BCUT2D eigenvalue weighted by Crippen LogP contribution is 2.25. The summed E-state index contributed by atoms with van der Waals surface area (Å²) in [5.74, 6) is 0.988. The second kappa shape index (κ2) is 11.3. The van der Waals surface area contributed by atoms with Crippen molar-refractivity contribution in [1.82, 2.24) is 20.4 Å². The van der Waals surface area contributed by atoms with Crippen molar-refractivity contribution < 1.29 is 4.79 Å². The van der Waals surface area contributed by atoms with Crippen molar-refractivity contribution in [2.75, 3.05) is 39.3 Å². The van der Waals surface area contributed by atoms with Gasteiger partial charge >= 0.3 is 0 Å². The van der Waals surface area contributed by atoms with E-state index >= 15 is 0 Å². The molecule has 6 nitrogen and oxygen atoms in total. The first-order valence-corrected chi connectivity index (χ1v) is 11.1. The molecule has 1 aliphatic rings. The number of carbonyl (C=O) groups excluding carboxylic acids is 1. The molecule has 0 spiro atoms. The summed E-state index contributed by atoms with van der Waals surface area (Å²) in [6, 6.07) is 2.64. The lowest BCUT2D eigenvalue weighted by Gasteiger charge is -2.31. The number of guanidine groups is 1. The van der Waals surface area contributed by atoms with Crippen LogP contribution in [-0.4, -0.2) is 67.0 Å². The van der Waals surface area contributed by atoms with Gasteiger partial charge in [0.1, 0.15) is 0 Å². The average molecular weight is 394 g/mol. The molecule has 1 aliphatic heterocycles. The van der Waals surface area contributed by atoms with Gasteiger partial charge in [-0.2, -0.15) is 0 Å². The largest absolute Gasteiger partial charge is 0.357 e. The predicted octanol–water partition coefficient (Wildman–Crippen LogP) is 2.31. The first kappa shape index (κ1) is 21.7. The van der Waals surface area contributed by atoms with Crippen LogP contribution in [0.5, 0.6) is 0 Å². The second-order valence-electron chi connectivity index (χ2n) is 6.90. The molecule has 1 aromatic rings. The number of hydrogen-bond donors (Lipinski definition) is 2. The Morgan fingerprint density at radius 2 is 2.11 bits per heavy atom. The summed E-state index contributed by atoms with van der Waals surface area (Å²) in [6.07, 6.45) is 1.64. The smallest absolute Gasteiger partial charge is 0.224 e. The number of carbonyl (C=O) groups is 1. The van der Waals surface area contributed by atoms with E-state index in [0.717, 1.165) is 51.6 Å². The van der Waals surface area contributed by atoms with Crippen molar-refractivity contribution in [2.24, 2.45) is 4.99 Å². The van der Waals surface area contributed by atoms with E-state index in [2.05, 4.69) is 40.8 Å². The third kappa shape index (κ3) is 6.50. The standard InChI is InChI=1S/C20H35N5OS/c1-5-21-20(22-11-8-19(26)24(6-2)7-3)23-14-16(4)25-12-9-18-17(15-25)10-13-27-18/h10,13,16H,5-9,11-12,14-15H2,1-4H3,(H2,21,22,23). The third-order valence-corrected chi connectivity index (χ3v) is 6.09. The monoisotopic (exact) mass is 393 g/mol. The van der Waals surface area contributed by atoms with E-state index in [1.54, 1.807) is 0 Å². The van der Waals surface area contributed by atoms with Crippen LogP contribution in [-0.2, 0) is 17.8 Å². The van der Waals surface area contributed by atoms with Gasteiger partial charge in [-0.05, 0) is 51.1 Å². The molecule has 2 N–H and O–H groups in total. The molecule has 0 bridgehead atoms. The quantitative estimate of drug-likeness (QED) is 0.499. The topological polar surface area (TPSA) is 60.0 Å². The number of fused-ring (bicyclic) bond motifs is 1. The Morgan fingerprint density at radius 3 is 2.81 bits per heavy atom. The summed E-state index contributed by atoms with van der Waals surface area (Å²) in [6.45, 7) is 14.2. The Hall–Kier alpha value is -1.60. The first-order chi connectivity index (χ1) is 13.1. The van der Waals surface area contributed by atoms with E-state index in [0.29, 0.717) is 19.0 Å². The first-order valence-electron chi connectivity index (χ1n) is 10.2. The Labute approximate surface area is 168 Å². The molecule has 27 heavy (non-hydrogen) atoms. The van der Waals surface area contributed by atoms with Gasteiger partial charge in [0.25, 0.3) is 0 Å². The van der Waals surface area contributed by atoms with Gasteiger partial charge in [-0.1, -0.05) is 0 Å². The Bertz CT molecular complexity index is 611. The zero-order valence-corrected chi connectivity index (χ0v) is 18.1. The summed E-state index contributed by atoms with van der Waals surface area (Å²) in [5.41, 5.74) is 1.47. The lowest BCUT2D eigenvalue weighted by Crippen LogP contribution is -2.42. The van der Waals surface area contributed by atoms with E-state index in [-0.39, 0.29) is 5.91 Å². The van der Waals surface area contributed by atoms with E-state index in [4.69, 9.17) is 4.99 Å². The van der Waals surface area contributed by atoms with E-state index in [1.165, 1.54) is 10.4 Å². The fraction of sp³-hybridized carbons (Fsp3) is 0.700. The average Bonchev–Trinajstić information content (AvgIpc) is 3.14. The van der Waals surface area contributed by atoms with Crippen LogP contribution in [0.1, 0.15) is 44.6 Å². The van der Waals surface area contributed by atoms with Crippen LogP contribution in [0.3, 0.4) is 0 Å². The van der Waals surface area contributed by atoms with Crippen LogP contribution in [0.15, 0.2) is 16.4 Å². The van der Waals surface area contributed by atoms with Crippen LogP contribution >= 0.6 is 11.3 Å². The molecule has 0 aromatic carbocycles. The molecule has 1 amide bonds. The van der Waals surface area contributed by atoms with Crippen molar-refractivity contribution in [2.45, 2.75) is 53.1 Å². The zero-order chi connectivity index (χ0) is 19.6. The van der Waals surface area contributed by atoms with Gasteiger partial charge in [-0.15, -0.1) is 11.3 Å². The van der Waals surface area contributed by atoms with E-state index in [9.17, 15) is 4.79 Å². The zero-order valence-electron chi connectivity index (χ0n) is 17.3. The maximum atomic E-state index is 12.1. The molecule has 2 heterocycles. The highest BCUT2D eigenvalue weighted by molar-refractivity contribution is 7.10. The predicted molar refractivity (Wildman–Crippen MR) is 114 cm³/mol. The van der Waals surface area contributed by atoms with E-state index in [1.807, 2.05) is 30.1 Å². The van der Waals surface area contributed by atoms with Crippen molar-refractivity contribution in [1.29, 1.82) is 0 Å². The van der Waals surface area contributed by atoms with Gasteiger partial charge in [0.2, 0.25) is 5.91 Å². The second-order valence-corrected chi connectivity index (χ2v) is 7.90. The molecule has 2 rings (SSSR count). The number of amides is 1. The van der Waals surface area contributed by atoms with Gasteiger partial charge in [0.15, 0.2) is 5.96 Å². The molecule has 1 aromatic heterocycles. The third-order valence-electron chi connectivity index (χ3n) is 5.07. The maximum Gasteiger partial charge on any atom is 0.224 e. The van der Waals surface area contributed by atoms with Crippen LogP contribution in [0, 0.1) is 0 Å². The molecule has 0 radical (unpaired) electrons. The number of nitrogens with zero attached hydrogens (tertiary/aromatic N) is 3. The summed E-state index contributed by atoms with van der Waals surface area (Å²) < 4.78 is 0. The molecule has 1 unspecified atom stereocenters. The van der Waals surface area contributed by atoms with Crippen molar-refractivity contribution >= 4 is 23.2 Å². The highest BCUT2D eigenvalue weighted by Gasteiger charge is 2.21. The minimum Gasteiger partial charge on any atom is -0.357 e.